The number of amides is 1. The van der Waals surface area contributed by atoms with Gasteiger partial charge in [0.05, 0.1) is 17.2 Å². The molecule has 1 amide bonds. The number of hydrogen-bond donors (Lipinski definition) is 3. The molecule has 2 heterocycles. The standard InChI is InChI=1S/C24H27ClN6OS/c1-15(26)31-12-10-18(11-13-31)27-24(33)29-22-23(32)30(2)20-9-8-17(25)14-19(20)21(28-22)16-6-4-3-5-7-16/h3-9,14,18,22,26H,10-13H2,1-2H3,(H2,27,29,33). The monoisotopic (exact) mass is 482 g/mol. The average molecular weight is 483 g/mol. The minimum Gasteiger partial charge on any atom is -0.361 e. The fraction of sp³-hybridized carbons (Fsp3) is 0.333. The molecule has 2 aliphatic rings. The predicted molar refractivity (Wildman–Crippen MR) is 138 cm³/mol. The zero-order valence-corrected chi connectivity index (χ0v) is 20.2. The average Bonchev–Trinajstić information content (AvgIpc) is 2.90. The van der Waals surface area contributed by atoms with Crippen molar-refractivity contribution < 1.29 is 4.79 Å². The molecule has 1 fully saturated rings. The quantitative estimate of drug-likeness (QED) is 0.355. The summed E-state index contributed by atoms with van der Waals surface area (Å²) < 4.78 is 0. The number of benzodiazepines with no additional fused rings is 1. The first-order valence-corrected chi connectivity index (χ1v) is 11.7. The topological polar surface area (TPSA) is 83.8 Å². The molecule has 0 spiro atoms. The summed E-state index contributed by atoms with van der Waals surface area (Å²) in [5, 5.41) is 15.2. The summed E-state index contributed by atoms with van der Waals surface area (Å²) in [6, 6.07) is 15.4. The first-order chi connectivity index (χ1) is 15.8. The Bertz CT molecular complexity index is 1100. The molecule has 9 heteroatoms. The van der Waals surface area contributed by atoms with Crippen LogP contribution in [0.3, 0.4) is 0 Å². The van der Waals surface area contributed by atoms with Crippen LogP contribution in [0.15, 0.2) is 53.5 Å². The van der Waals surface area contributed by atoms with E-state index in [1.54, 1.807) is 18.0 Å². The first-order valence-electron chi connectivity index (χ1n) is 10.9. The Morgan fingerprint density at radius 2 is 1.85 bits per heavy atom. The number of aliphatic imine (C=N–C) groups is 1. The van der Waals surface area contributed by atoms with Crippen molar-refractivity contribution in [1.29, 1.82) is 5.41 Å². The third kappa shape index (κ3) is 5.17. The van der Waals surface area contributed by atoms with E-state index >= 15 is 0 Å². The second-order valence-corrected chi connectivity index (χ2v) is 9.11. The highest BCUT2D eigenvalue weighted by Crippen LogP contribution is 2.29. The Morgan fingerprint density at radius 1 is 1.15 bits per heavy atom. The van der Waals surface area contributed by atoms with Crippen molar-refractivity contribution in [3.05, 3.63) is 64.7 Å². The number of amidine groups is 1. The molecule has 0 aliphatic carbocycles. The third-order valence-corrected chi connectivity index (χ3v) is 6.49. The number of nitrogens with zero attached hydrogens (tertiary/aromatic N) is 3. The normalized spacial score (nSPS) is 18.8. The third-order valence-electron chi connectivity index (χ3n) is 6.02. The summed E-state index contributed by atoms with van der Waals surface area (Å²) in [5.74, 6) is 0.381. The van der Waals surface area contributed by atoms with Crippen LogP contribution in [0.2, 0.25) is 5.02 Å². The molecule has 0 saturated carbocycles. The van der Waals surface area contributed by atoms with Gasteiger partial charge in [-0.25, -0.2) is 4.99 Å². The molecule has 33 heavy (non-hydrogen) atoms. The van der Waals surface area contributed by atoms with Crippen LogP contribution in [0, 0.1) is 5.41 Å². The second-order valence-electron chi connectivity index (χ2n) is 8.27. The lowest BCUT2D eigenvalue weighted by atomic mass is 10.0. The lowest BCUT2D eigenvalue weighted by molar-refractivity contribution is -0.119. The van der Waals surface area contributed by atoms with Crippen LogP contribution < -0.4 is 15.5 Å². The lowest BCUT2D eigenvalue weighted by Gasteiger charge is -2.33. The number of hydrogen-bond acceptors (Lipinski definition) is 4. The van der Waals surface area contributed by atoms with Gasteiger partial charge in [0.25, 0.3) is 5.91 Å². The van der Waals surface area contributed by atoms with Crippen LogP contribution in [0.1, 0.15) is 30.9 Å². The molecular weight excluding hydrogens is 456 g/mol. The van der Waals surface area contributed by atoms with E-state index in [0.29, 0.717) is 21.7 Å². The van der Waals surface area contributed by atoms with E-state index in [1.165, 1.54) is 0 Å². The molecule has 4 rings (SSSR count). The summed E-state index contributed by atoms with van der Waals surface area (Å²) in [7, 11) is 1.74. The molecule has 2 aliphatic heterocycles. The molecule has 1 saturated heterocycles. The number of thiocarbonyl (C=S) groups is 1. The van der Waals surface area contributed by atoms with Crippen molar-refractivity contribution in [1.82, 2.24) is 15.5 Å². The fourth-order valence-corrected chi connectivity index (χ4v) is 4.63. The van der Waals surface area contributed by atoms with E-state index in [1.807, 2.05) is 49.4 Å². The van der Waals surface area contributed by atoms with Gasteiger partial charge in [-0.2, -0.15) is 0 Å². The van der Waals surface area contributed by atoms with Crippen molar-refractivity contribution in [3.8, 4) is 0 Å². The summed E-state index contributed by atoms with van der Waals surface area (Å²) in [4.78, 5) is 21.8. The number of carbonyl (C=O) groups is 1. The number of carbonyl (C=O) groups excluding carboxylic acids is 1. The fourth-order valence-electron chi connectivity index (χ4n) is 4.18. The Hall–Kier alpha value is -2.97. The zero-order chi connectivity index (χ0) is 23.5. The summed E-state index contributed by atoms with van der Waals surface area (Å²) >= 11 is 11.9. The highest BCUT2D eigenvalue weighted by atomic mass is 35.5. The van der Waals surface area contributed by atoms with E-state index < -0.39 is 6.17 Å². The van der Waals surface area contributed by atoms with Gasteiger partial charge in [0, 0.05) is 42.3 Å². The van der Waals surface area contributed by atoms with Crippen LogP contribution in [-0.4, -0.2) is 59.8 Å². The highest BCUT2D eigenvalue weighted by Gasteiger charge is 2.31. The lowest BCUT2D eigenvalue weighted by Crippen LogP contribution is -2.53. The number of rotatable bonds is 3. The molecule has 2 aromatic rings. The van der Waals surface area contributed by atoms with Gasteiger partial charge in [-0.05, 0) is 50.2 Å². The summed E-state index contributed by atoms with van der Waals surface area (Å²) in [6.45, 7) is 3.43. The van der Waals surface area contributed by atoms with E-state index in [2.05, 4.69) is 15.5 Å². The Labute approximate surface area is 204 Å². The number of benzene rings is 2. The predicted octanol–water partition coefficient (Wildman–Crippen LogP) is 3.41. The van der Waals surface area contributed by atoms with Crippen LogP contribution in [-0.2, 0) is 4.79 Å². The van der Waals surface area contributed by atoms with Gasteiger partial charge in [-0.15, -0.1) is 0 Å². The van der Waals surface area contributed by atoms with E-state index in [-0.39, 0.29) is 11.9 Å². The van der Waals surface area contributed by atoms with E-state index in [0.717, 1.165) is 42.7 Å². The van der Waals surface area contributed by atoms with Crippen molar-refractivity contribution in [2.75, 3.05) is 25.0 Å². The van der Waals surface area contributed by atoms with Gasteiger partial charge < -0.3 is 20.4 Å². The van der Waals surface area contributed by atoms with E-state index in [4.69, 9.17) is 34.2 Å². The van der Waals surface area contributed by atoms with Gasteiger partial charge in [0.1, 0.15) is 0 Å². The van der Waals surface area contributed by atoms with Crippen molar-refractivity contribution >= 4 is 52.1 Å². The molecule has 1 unspecified atom stereocenters. The van der Waals surface area contributed by atoms with Gasteiger partial charge in [0.2, 0.25) is 6.17 Å². The zero-order valence-electron chi connectivity index (χ0n) is 18.6. The maximum absolute atomic E-state index is 13.3. The van der Waals surface area contributed by atoms with Gasteiger partial charge in [-0.3, -0.25) is 10.2 Å². The molecule has 1 atom stereocenters. The SMILES string of the molecule is CC(=N)N1CCC(NC(=S)NC2N=C(c3ccccc3)c3cc(Cl)ccc3N(C)C2=O)CC1. The van der Waals surface area contributed by atoms with Gasteiger partial charge in [0.15, 0.2) is 5.11 Å². The molecule has 0 radical (unpaired) electrons. The first kappa shape index (κ1) is 23.2. The Kier molecular flexibility index (Phi) is 6.95. The smallest absolute Gasteiger partial charge is 0.272 e. The molecule has 0 bridgehead atoms. The number of fused-ring (bicyclic) bond motifs is 1. The van der Waals surface area contributed by atoms with Gasteiger partial charge in [-0.1, -0.05) is 41.9 Å². The number of anilines is 1. The van der Waals surface area contributed by atoms with Crippen molar-refractivity contribution in [2.24, 2.45) is 4.99 Å². The Morgan fingerprint density at radius 3 is 2.52 bits per heavy atom. The molecule has 2 aromatic carbocycles. The highest BCUT2D eigenvalue weighted by molar-refractivity contribution is 7.80. The number of likely N-dealkylation sites (N-methyl/N-ethyl adjacent to an activating group) is 1. The molecule has 3 N–H and O–H groups in total. The molecule has 7 nitrogen and oxygen atoms in total. The number of likely N-dealkylation sites (tertiary alicyclic amines) is 1. The summed E-state index contributed by atoms with van der Waals surface area (Å²) in [5.41, 5.74) is 3.11. The number of piperidine rings is 1. The minimum atomic E-state index is -0.875. The second kappa shape index (κ2) is 9.89. The summed E-state index contributed by atoms with van der Waals surface area (Å²) in [6.07, 6.45) is 0.873. The van der Waals surface area contributed by atoms with Gasteiger partial charge >= 0.3 is 0 Å². The van der Waals surface area contributed by atoms with E-state index in [9.17, 15) is 4.79 Å². The molecular formula is C24H27ClN6OS. The molecule has 0 aromatic heterocycles. The van der Waals surface area contributed by atoms with Crippen LogP contribution >= 0.6 is 23.8 Å². The van der Waals surface area contributed by atoms with Crippen LogP contribution in [0.25, 0.3) is 0 Å². The molecule has 172 valence electrons. The Balaban J connectivity index is 1.58. The van der Waals surface area contributed by atoms with Crippen LogP contribution in [0.4, 0.5) is 5.69 Å². The van der Waals surface area contributed by atoms with Crippen LogP contribution in [0.5, 0.6) is 0 Å². The number of nitrogens with one attached hydrogen (secondary N) is 3. The maximum Gasteiger partial charge on any atom is 0.272 e. The van der Waals surface area contributed by atoms with Crippen molar-refractivity contribution in [3.63, 3.8) is 0 Å². The minimum absolute atomic E-state index is 0.188. The number of halogens is 1. The maximum atomic E-state index is 13.3. The largest absolute Gasteiger partial charge is 0.361 e. The van der Waals surface area contributed by atoms with Crippen molar-refractivity contribution in [2.45, 2.75) is 32.0 Å².